The van der Waals surface area contributed by atoms with Crippen molar-refractivity contribution in [3.05, 3.63) is 77.9 Å². The Morgan fingerprint density at radius 3 is 2.41 bits per heavy atom. The zero-order valence-corrected chi connectivity index (χ0v) is 20.2. The van der Waals surface area contributed by atoms with E-state index in [0.717, 1.165) is 70.6 Å². The minimum atomic E-state index is -0.597. The molecule has 0 aromatic heterocycles. The van der Waals surface area contributed by atoms with Crippen LogP contribution < -0.4 is 10.1 Å². The highest BCUT2D eigenvalue weighted by molar-refractivity contribution is 5.85. The van der Waals surface area contributed by atoms with E-state index in [9.17, 15) is 5.11 Å². The van der Waals surface area contributed by atoms with E-state index < -0.39 is 5.60 Å². The monoisotopic (exact) mass is 458 g/mol. The number of fused-ring (bicyclic) bond motifs is 1. The smallest absolute Gasteiger partial charge is 0.119 e. The van der Waals surface area contributed by atoms with Crippen LogP contribution >= 0.6 is 0 Å². The van der Waals surface area contributed by atoms with Crippen molar-refractivity contribution in [1.82, 2.24) is 10.2 Å². The second-order valence-electron chi connectivity index (χ2n) is 10.1. The number of hydrogen-bond acceptors (Lipinski definition) is 4. The van der Waals surface area contributed by atoms with Crippen LogP contribution in [0.3, 0.4) is 0 Å². The third-order valence-electron chi connectivity index (χ3n) is 7.82. The summed E-state index contributed by atoms with van der Waals surface area (Å²) in [5.74, 6) is 1.05. The second-order valence-corrected chi connectivity index (χ2v) is 10.1. The van der Waals surface area contributed by atoms with Gasteiger partial charge in [0.2, 0.25) is 0 Å². The van der Waals surface area contributed by atoms with E-state index in [2.05, 4.69) is 76.9 Å². The van der Waals surface area contributed by atoms with Gasteiger partial charge in [0.05, 0.1) is 12.2 Å². The molecule has 1 atom stereocenters. The summed E-state index contributed by atoms with van der Waals surface area (Å²) in [6.07, 6.45) is 6.20. The van der Waals surface area contributed by atoms with Crippen molar-refractivity contribution < 1.29 is 9.84 Å². The number of nitrogens with zero attached hydrogens (tertiary/aromatic N) is 1. The van der Waals surface area contributed by atoms with E-state index in [1.54, 1.807) is 0 Å². The number of hydrogen-bond donors (Lipinski definition) is 2. The first-order valence-corrected chi connectivity index (χ1v) is 13.1. The van der Waals surface area contributed by atoms with E-state index in [0.29, 0.717) is 6.61 Å². The van der Waals surface area contributed by atoms with Crippen LogP contribution in [-0.4, -0.2) is 54.9 Å². The minimum Gasteiger partial charge on any atom is -0.493 e. The molecule has 3 aromatic rings. The molecular formula is C30H38N2O2. The lowest BCUT2D eigenvalue weighted by Crippen LogP contribution is -2.49. The molecule has 2 N–H and O–H groups in total. The largest absolute Gasteiger partial charge is 0.493 e. The Morgan fingerprint density at radius 1 is 0.882 bits per heavy atom. The third-order valence-corrected chi connectivity index (χ3v) is 7.82. The number of rotatable bonds is 8. The number of benzene rings is 3. The van der Waals surface area contributed by atoms with Crippen LogP contribution in [0.1, 0.15) is 49.1 Å². The molecule has 2 fully saturated rings. The third kappa shape index (κ3) is 5.46. The maximum Gasteiger partial charge on any atom is 0.119 e. The molecule has 4 nitrogen and oxygen atoms in total. The van der Waals surface area contributed by atoms with E-state index in [4.69, 9.17) is 4.74 Å². The molecule has 1 saturated carbocycles. The number of nitrogens with one attached hydrogen (secondary N) is 1. The molecule has 3 aromatic carbocycles. The lowest BCUT2D eigenvalue weighted by Gasteiger charge is -2.42. The highest BCUT2D eigenvalue weighted by Crippen LogP contribution is 2.41. The molecule has 0 spiro atoms. The van der Waals surface area contributed by atoms with E-state index in [1.807, 2.05) is 0 Å². The quantitative estimate of drug-likeness (QED) is 0.490. The van der Waals surface area contributed by atoms with E-state index >= 15 is 0 Å². The normalized spacial score (nSPS) is 19.7. The van der Waals surface area contributed by atoms with Gasteiger partial charge in [0, 0.05) is 45.1 Å². The van der Waals surface area contributed by atoms with Gasteiger partial charge >= 0.3 is 0 Å². The molecule has 1 unspecified atom stereocenters. The van der Waals surface area contributed by atoms with E-state index in [1.165, 1.54) is 28.3 Å². The Kier molecular flexibility index (Phi) is 7.48. The number of ether oxygens (including phenoxy) is 1. The van der Waals surface area contributed by atoms with Crippen molar-refractivity contribution in [3.63, 3.8) is 0 Å². The fourth-order valence-corrected chi connectivity index (χ4v) is 5.84. The summed E-state index contributed by atoms with van der Waals surface area (Å²) in [4.78, 5) is 2.52. The van der Waals surface area contributed by atoms with Crippen LogP contribution in [-0.2, 0) is 6.42 Å². The van der Waals surface area contributed by atoms with Crippen LogP contribution in [0.25, 0.3) is 10.8 Å². The minimum absolute atomic E-state index is 0.149. The molecule has 180 valence electrons. The number of piperazine rings is 1. The molecule has 5 rings (SSSR count). The first kappa shape index (κ1) is 23.3. The van der Waals surface area contributed by atoms with Gasteiger partial charge in [-0.3, -0.25) is 0 Å². The summed E-state index contributed by atoms with van der Waals surface area (Å²) in [5, 5.41) is 17.7. The summed E-state index contributed by atoms with van der Waals surface area (Å²) in [7, 11) is 0. The van der Waals surface area contributed by atoms with Crippen molar-refractivity contribution in [1.29, 1.82) is 0 Å². The first-order chi connectivity index (χ1) is 16.7. The van der Waals surface area contributed by atoms with Crippen molar-refractivity contribution in [2.45, 2.75) is 50.0 Å². The molecule has 1 heterocycles. The van der Waals surface area contributed by atoms with Crippen molar-refractivity contribution in [3.8, 4) is 5.75 Å². The Bertz CT molecular complexity index is 1050. The predicted octanol–water partition coefficient (Wildman–Crippen LogP) is 5.15. The summed E-state index contributed by atoms with van der Waals surface area (Å²) in [6, 6.07) is 23.6. The fraction of sp³-hybridized carbons (Fsp3) is 0.467. The molecule has 4 heteroatoms. The van der Waals surface area contributed by atoms with Crippen molar-refractivity contribution in [2.75, 3.05) is 39.3 Å². The Labute approximate surface area is 203 Å². The van der Waals surface area contributed by atoms with E-state index in [-0.39, 0.29) is 5.92 Å². The molecule has 1 saturated heterocycles. The number of aliphatic hydroxyl groups is 1. The zero-order chi connectivity index (χ0) is 23.2. The molecule has 2 aliphatic rings. The topological polar surface area (TPSA) is 44.7 Å². The van der Waals surface area contributed by atoms with Crippen LogP contribution in [0.4, 0.5) is 0 Å². The highest BCUT2D eigenvalue weighted by Gasteiger charge is 2.39. The highest BCUT2D eigenvalue weighted by atomic mass is 16.5. The lowest BCUT2D eigenvalue weighted by atomic mass is 9.72. The standard InChI is InChI=1S/C30H38N2O2/c33-30(16-4-1-5-17-30)29(23-32-20-18-31-19-21-32)26-11-13-27(14-12-26)34-22-15-25-9-6-8-24-7-2-3-10-28(24)25/h2-3,6-14,29,31,33H,1,4-5,15-23H2. The summed E-state index contributed by atoms with van der Waals surface area (Å²) >= 11 is 0. The molecule has 1 aliphatic heterocycles. The van der Waals surface area contributed by atoms with Gasteiger partial charge in [-0.15, -0.1) is 0 Å². The van der Waals surface area contributed by atoms with Gasteiger partial charge in [0.25, 0.3) is 0 Å². The van der Waals surface area contributed by atoms with Crippen LogP contribution in [0.15, 0.2) is 66.7 Å². The summed E-state index contributed by atoms with van der Waals surface area (Å²) in [5.41, 5.74) is 1.97. The maximum atomic E-state index is 11.7. The average molecular weight is 459 g/mol. The Balaban J connectivity index is 1.25. The van der Waals surface area contributed by atoms with Gasteiger partial charge in [-0.2, -0.15) is 0 Å². The van der Waals surface area contributed by atoms with Gasteiger partial charge in [0.15, 0.2) is 0 Å². The van der Waals surface area contributed by atoms with Gasteiger partial charge < -0.3 is 20.1 Å². The molecule has 0 radical (unpaired) electrons. The van der Waals surface area contributed by atoms with Crippen LogP contribution in [0, 0.1) is 0 Å². The average Bonchev–Trinajstić information content (AvgIpc) is 2.89. The van der Waals surface area contributed by atoms with Crippen LogP contribution in [0.5, 0.6) is 5.75 Å². The van der Waals surface area contributed by atoms with Gasteiger partial charge in [-0.25, -0.2) is 0 Å². The fourth-order valence-electron chi connectivity index (χ4n) is 5.84. The van der Waals surface area contributed by atoms with Crippen molar-refractivity contribution >= 4 is 10.8 Å². The predicted molar refractivity (Wildman–Crippen MR) is 140 cm³/mol. The maximum absolute atomic E-state index is 11.7. The van der Waals surface area contributed by atoms with Gasteiger partial charge in [-0.1, -0.05) is 73.9 Å². The molecule has 0 bridgehead atoms. The lowest BCUT2D eigenvalue weighted by molar-refractivity contribution is -0.0316. The van der Waals surface area contributed by atoms with Crippen molar-refractivity contribution in [2.24, 2.45) is 0 Å². The second kappa shape index (κ2) is 10.9. The molecule has 1 aliphatic carbocycles. The van der Waals surface area contributed by atoms with Crippen LogP contribution in [0.2, 0.25) is 0 Å². The summed E-state index contributed by atoms with van der Waals surface area (Å²) < 4.78 is 6.13. The SMILES string of the molecule is OC1(C(CN2CCNCC2)c2ccc(OCCc3cccc4ccccc34)cc2)CCCCC1. The van der Waals surface area contributed by atoms with Gasteiger partial charge in [-0.05, 0) is 46.9 Å². The van der Waals surface area contributed by atoms with Gasteiger partial charge in [0.1, 0.15) is 5.75 Å². The summed E-state index contributed by atoms with van der Waals surface area (Å²) in [6.45, 7) is 5.77. The Morgan fingerprint density at radius 2 is 1.62 bits per heavy atom. The zero-order valence-electron chi connectivity index (χ0n) is 20.2. The molecule has 34 heavy (non-hydrogen) atoms. The Hall–Kier alpha value is -2.40. The molecular weight excluding hydrogens is 420 g/mol. The first-order valence-electron chi connectivity index (χ1n) is 13.1. The molecule has 0 amide bonds.